The molecule has 2 aliphatic rings. The summed E-state index contributed by atoms with van der Waals surface area (Å²) in [7, 11) is 0. The molecule has 0 atom stereocenters. The average Bonchev–Trinajstić information content (AvgIpc) is 3.18. The number of hydrogen-bond acceptors (Lipinski definition) is 3. The molecule has 0 aromatic carbocycles. The van der Waals surface area contributed by atoms with Crippen LogP contribution in [0.2, 0.25) is 0 Å². The van der Waals surface area contributed by atoms with Crippen LogP contribution in [0.5, 0.6) is 0 Å². The van der Waals surface area contributed by atoms with E-state index >= 15 is 0 Å². The van der Waals surface area contributed by atoms with Crippen molar-refractivity contribution >= 4 is 5.91 Å². The molecule has 0 unspecified atom stereocenters. The van der Waals surface area contributed by atoms with Crippen LogP contribution in [-0.2, 0) is 22.6 Å². The van der Waals surface area contributed by atoms with Crippen molar-refractivity contribution in [1.82, 2.24) is 15.2 Å². The summed E-state index contributed by atoms with van der Waals surface area (Å²) in [6, 6.07) is 5.05. The van der Waals surface area contributed by atoms with Gasteiger partial charge in [0, 0.05) is 43.7 Å². The molecule has 2 fully saturated rings. The lowest BCUT2D eigenvalue weighted by Gasteiger charge is -2.23. The van der Waals surface area contributed by atoms with Gasteiger partial charge in [-0.2, -0.15) is 0 Å². The number of carbonyl (C=O) groups excluding carboxylic acids is 1. The molecule has 2 N–H and O–H groups in total. The smallest absolute Gasteiger partial charge is 0.240 e. The molecule has 1 aliphatic heterocycles. The molecule has 1 saturated carbocycles. The van der Waals surface area contributed by atoms with Gasteiger partial charge < -0.3 is 19.9 Å². The van der Waals surface area contributed by atoms with Gasteiger partial charge in [0.15, 0.2) is 0 Å². The van der Waals surface area contributed by atoms with Crippen molar-refractivity contribution in [2.45, 2.75) is 50.9 Å². The molecule has 0 bridgehead atoms. The van der Waals surface area contributed by atoms with Crippen LogP contribution in [0.1, 0.15) is 31.4 Å². The van der Waals surface area contributed by atoms with Crippen molar-refractivity contribution in [3.05, 3.63) is 24.0 Å². The van der Waals surface area contributed by atoms with Gasteiger partial charge in [-0.1, -0.05) is 0 Å². The van der Waals surface area contributed by atoms with Crippen LogP contribution in [0.25, 0.3) is 0 Å². The van der Waals surface area contributed by atoms with Gasteiger partial charge in [-0.25, -0.2) is 0 Å². The Hall–Kier alpha value is -1.33. The Morgan fingerprint density at radius 2 is 2.05 bits per heavy atom. The minimum Gasteiger partial charge on any atom is -0.381 e. The quantitative estimate of drug-likeness (QED) is 0.817. The van der Waals surface area contributed by atoms with Crippen LogP contribution in [0.4, 0.5) is 0 Å². The van der Waals surface area contributed by atoms with Crippen molar-refractivity contribution in [2.75, 3.05) is 13.2 Å². The fourth-order valence-electron chi connectivity index (χ4n) is 2.57. The summed E-state index contributed by atoms with van der Waals surface area (Å²) in [6.45, 7) is 2.77. The molecule has 3 rings (SSSR count). The molecular weight excluding hydrogens is 254 g/mol. The van der Waals surface area contributed by atoms with Crippen molar-refractivity contribution in [3.8, 4) is 0 Å². The SMILES string of the molecule is O=C(Cn1cccc1CNC1CC1)NC1CCOCC1. The first-order valence-corrected chi connectivity index (χ1v) is 7.56. The van der Waals surface area contributed by atoms with E-state index < -0.39 is 0 Å². The molecule has 1 aromatic heterocycles. The number of aromatic nitrogens is 1. The number of nitrogens with zero attached hydrogens (tertiary/aromatic N) is 1. The van der Waals surface area contributed by atoms with Crippen molar-refractivity contribution < 1.29 is 9.53 Å². The normalized spacial score (nSPS) is 20.0. The van der Waals surface area contributed by atoms with Gasteiger partial charge >= 0.3 is 0 Å². The van der Waals surface area contributed by atoms with Gasteiger partial charge in [-0.3, -0.25) is 4.79 Å². The third-order valence-electron chi connectivity index (χ3n) is 3.97. The zero-order valence-corrected chi connectivity index (χ0v) is 11.8. The Labute approximate surface area is 119 Å². The highest BCUT2D eigenvalue weighted by Gasteiger charge is 2.21. The van der Waals surface area contributed by atoms with E-state index in [2.05, 4.69) is 16.7 Å². The summed E-state index contributed by atoms with van der Waals surface area (Å²) in [5.74, 6) is 0.0979. The number of hydrogen-bond donors (Lipinski definition) is 2. The van der Waals surface area contributed by atoms with E-state index in [1.165, 1.54) is 18.5 Å². The lowest BCUT2D eigenvalue weighted by atomic mass is 10.1. The second-order valence-electron chi connectivity index (χ2n) is 5.74. The monoisotopic (exact) mass is 277 g/mol. The zero-order valence-electron chi connectivity index (χ0n) is 11.8. The highest BCUT2D eigenvalue weighted by atomic mass is 16.5. The Morgan fingerprint density at radius 3 is 2.80 bits per heavy atom. The average molecular weight is 277 g/mol. The summed E-state index contributed by atoms with van der Waals surface area (Å²) in [5.41, 5.74) is 1.18. The molecule has 1 amide bonds. The van der Waals surface area contributed by atoms with E-state index in [0.717, 1.165) is 32.6 Å². The number of ether oxygens (including phenoxy) is 1. The minimum absolute atomic E-state index is 0.0979. The van der Waals surface area contributed by atoms with E-state index in [0.29, 0.717) is 12.6 Å². The summed E-state index contributed by atoms with van der Waals surface area (Å²) < 4.78 is 7.33. The van der Waals surface area contributed by atoms with Crippen LogP contribution < -0.4 is 10.6 Å². The van der Waals surface area contributed by atoms with Gasteiger partial charge in [0.05, 0.1) is 0 Å². The third kappa shape index (κ3) is 3.84. The van der Waals surface area contributed by atoms with Gasteiger partial charge in [-0.05, 0) is 37.8 Å². The first-order valence-electron chi connectivity index (χ1n) is 7.56. The lowest BCUT2D eigenvalue weighted by Crippen LogP contribution is -2.40. The maximum atomic E-state index is 12.1. The van der Waals surface area contributed by atoms with E-state index in [4.69, 9.17) is 4.74 Å². The van der Waals surface area contributed by atoms with Crippen LogP contribution in [0.15, 0.2) is 18.3 Å². The van der Waals surface area contributed by atoms with Gasteiger partial charge in [-0.15, -0.1) is 0 Å². The van der Waals surface area contributed by atoms with Crippen molar-refractivity contribution in [2.24, 2.45) is 0 Å². The molecule has 0 spiro atoms. The van der Waals surface area contributed by atoms with E-state index in [9.17, 15) is 4.79 Å². The summed E-state index contributed by atoms with van der Waals surface area (Å²) >= 11 is 0. The molecule has 5 nitrogen and oxygen atoms in total. The number of amides is 1. The second-order valence-corrected chi connectivity index (χ2v) is 5.74. The molecule has 1 aromatic rings. The summed E-state index contributed by atoms with van der Waals surface area (Å²) in [6.07, 6.45) is 6.39. The number of nitrogens with one attached hydrogen (secondary N) is 2. The first kappa shape index (κ1) is 13.6. The van der Waals surface area contributed by atoms with Crippen LogP contribution in [-0.4, -0.2) is 35.8 Å². The third-order valence-corrected chi connectivity index (χ3v) is 3.97. The predicted molar refractivity (Wildman–Crippen MR) is 76.3 cm³/mol. The lowest BCUT2D eigenvalue weighted by molar-refractivity contribution is -0.123. The Bertz CT molecular complexity index is 448. The van der Waals surface area contributed by atoms with E-state index in [1.807, 2.05) is 16.8 Å². The molecule has 0 radical (unpaired) electrons. The molecule has 20 heavy (non-hydrogen) atoms. The summed E-state index contributed by atoms with van der Waals surface area (Å²) in [5, 5.41) is 6.59. The summed E-state index contributed by atoms with van der Waals surface area (Å²) in [4.78, 5) is 12.1. The van der Waals surface area contributed by atoms with Crippen molar-refractivity contribution in [3.63, 3.8) is 0 Å². The topological polar surface area (TPSA) is 55.3 Å². The fraction of sp³-hybridized carbons (Fsp3) is 0.667. The number of rotatable bonds is 6. The van der Waals surface area contributed by atoms with E-state index in [1.54, 1.807) is 0 Å². The molecular formula is C15H23N3O2. The zero-order chi connectivity index (χ0) is 13.8. The van der Waals surface area contributed by atoms with Crippen molar-refractivity contribution in [1.29, 1.82) is 0 Å². The largest absolute Gasteiger partial charge is 0.381 e. The van der Waals surface area contributed by atoms with Gasteiger partial charge in [0.25, 0.3) is 0 Å². The molecule has 110 valence electrons. The second kappa shape index (κ2) is 6.41. The fourth-order valence-corrected chi connectivity index (χ4v) is 2.57. The molecule has 5 heteroatoms. The predicted octanol–water partition coefficient (Wildman–Crippen LogP) is 1.04. The number of carbonyl (C=O) groups is 1. The molecule has 1 saturated heterocycles. The highest BCUT2D eigenvalue weighted by Crippen LogP contribution is 2.19. The molecule has 2 heterocycles. The maximum absolute atomic E-state index is 12.1. The Kier molecular flexibility index (Phi) is 4.38. The van der Waals surface area contributed by atoms with Gasteiger partial charge in [0.1, 0.15) is 6.54 Å². The minimum atomic E-state index is 0.0979. The standard InChI is InChI=1S/C15H23N3O2/c19-15(17-13-5-8-20-9-6-13)11-18-7-1-2-14(18)10-16-12-3-4-12/h1-2,7,12-13,16H,3-6,8-11H2,(H,17,19). The maximum Gasteiger partial charge on any atom is 0.240 e. The van der Waals surface area contributed by atoms with E-state index in [-0.39, 0.29) is 11.9 Å². The Morgan fingerprint density at radius 1 is 1.25 bits per heavy atom. The molecule has 1 aliphatic carbocycles. The Balaban J connectivity index is 1.48. The van der Waals surface area contributed by atoms with Crippen LogP contribution in [0.3, 0.4) is 0 Å². The first-order chi connectivity index (χ1) is 9.81. The van der Waals surface area contributed by atoms with Gasteiger partial charge in [0.2, 0.25) is 5.91 Å². The van der Waals surface area contributed by atoms with Crippen LogP contribution in [0, 0.1) is 0 Å². The van der Waals surface area contributed by atoms with Crippen LogP contribution >= 0.6 is 0 Å². The highest BCUT2D eigenvalue weighted by molar-refractivity contribution is 5.76.